The Morgan fingerprint density at radius 1 is 1.03 bits per heavy atom. The molecule has 1 fully saturated rings. The van der Waals surface area contributed by atoms with E-state index in [2.05, 4.69) is 30.9 Å². The predicted octanol–water partition coefficient (Wildman–Crippen LogP) is 4.75. The summed E-state index contributed by atoms with van der Waals surface area (Å²) in [5, 5.41) is 0. The largest absolute Gasteiger partial charge is 0.497 e. The van der Waals surface area contributed by atoms with Crippen molar-refractivity contribution in [2.75, 3.05) is 32.2 Å². The zero-order chi connectivity index (χ0) is 21.5. The molecule has 0 radical (unpaired) electrons. The number of piperidine rings is 1. The monoisotopic (exact) mass is 410 g/mol. The summed E-state index contributed by atoms with van der Waals surface area (Å²) < 4.78 is 10.8. The molecule has 0 N–H and O–H groups in total. The number of ether oxygens (including phenoxy) is 2. The number of carbonyl (C=O) groups excluding carboxylic acids is 1. The van der Waals surface area contributed by atoms with Crippen LogP contribution >= 0.6 is 0 Å². The lowest BCUT2D eigenvalue weighted by Gasteiger charge is -2.39. The number of methoxy groups -OCH3 is 2. The van der Waals surface area contributed by atoms with Gasteiger partial charge in [0.2, 0.25) is 5.91 Å². The van der Waals surface area contributed by atoms with Crippen molar-refractivity contribution in [1.82, 2.24) is 4.90 Å². The third-order valence-electron chi connectivity index (χ3n) is 5.71. The molecule has 0 aliphatic carbocycles. The van der Waals surface area contributed by atoms with Gasteiger partial charge in [0.25, 0.3) is 0 Å². The summed E-state index contributed by atoms with van der Waals surface area (Å²) >= 11 is 0. The summed E-state index contributed by atoms with van der Waals surface area (Å²) in [5.74, 6) is 2.29. The van der Waals surface area contributed by atoms with Gasteiger partial charge in [-0.05, 0) is 49.1 Å². The number of hydrogen-bond donors (Lipinski definition) is 0. The molecule has 5 nitrogen and oxygen atoms in total. The summed E-state index contributed by atoms with van der Waals surface area (Å²) in [6, 6.07) is 16.3. The van der Waals surface area contributed by atoms with Crippen molar-refractivity contribution >= 4 is 11.6 Å². The van der Waals surface area contributed by atoms with E-state index in [1.165, 1.54) is 5.56 Å². The van der Waals surface area contributed by atoms with E-state index in [1.807, 2.05) is 41.3 Å². The quantitative estimate of drug-likeness (QED) is 0.630. The topological polar surface area (TPSA) is 42.0 Å². The van der Waals surface area contributed by atoms with Gasteiger partial charge in [0.1, 0.15) is 11.5 Å². The van der Waals surface area contributed by atoms with Crippen LogP contribution in [-0.4, -0.2) is 44.2 Å². The zero-order valence-electron chi connectivity index (χ0n) is 18.6. The molecule has 0 unspecified atom stereocenters. The minimum absolute atomic E-state index is 0.207. The van der Waals surface area contributed by atoms with Crippen molar-refractivity contribution < 1.29 is 14.3 Å². The minimum atomic E-state index is 0.207. The van der Waals surface area contributed by atoms with Crippen molar-refractivity contribution in [3.8, 4) is 11.5 Å². The smallest absolute Gasteiger partial charge is 0.227 e. The molecule has 30 heavy (non-hydrogen) atoms. The van der Waals surface area contributed by atoms with Crippen molar-refractivity contribution in [2.45, 2.75) is 45.7 Å². The summed E-state index contributed by atoms with van der Waals surface area (Å²) in [4.78, 5) is 17.6. The van der Waals surface area contributed by atoms with Gasteiger partial charge in [0.05, 0.1) is 14.2 Å². The highest BCUT2D eigenvalue weighted by molar-refractivity contribution is 5.94. The Morgan fingerprint density at radius 3 is 2.30 bits per heavy atom. The first kappa shape index (κ1) is 22.2. The van der Waals surface area contributed by atoms with Gasteiger partial charge >= 0.3 is 0 Å². The minimum Gasteiger partial charge on any atom is -0.497 e. The van der Waals surface area contributed by atoms with Gasteiger partial charge in [-0.1, -0.05) is 32.0 Å². The average molecular weight is 411 g/mol. The molecule has 1 aliphatic heterocycles. The van der Waals surface area contributed by atoms with Gasteiger partial charge in [0.15, 0.2) is 0 Å². The Kier molecular flexibility index (Phi) is 7.75. The second kappa shape index (κ2) is 10.5. The molecule has 1 amide bonds. The number of likely N-dealkylation sites (tertiary alicyclic amines) is 1. The lowest BCUT2D eigenvalue weighted by Crippen LogP contribution is -2.47. The first-order chi connectivity index (χ1) is 14.5. The average Bonchev–Trinajstić information content (AvgIpc) is 2.75. The van der Waals surface area contributed by atoms with E-state index in [4.69, 9.17) is 9.47 Å². The first-order valence-electron chi connectivity index (χ1n) is 10.8. The Bertz CT molecular complexity index is 811. The van der Waals surface area contributed by atoms with E-state index >= 15 is 0 Å². The Hall–Kier alpha value is -2.53. The number of anilines is 1. The number of para-hydroxylation sites is 1. The molecule has 0 saturated carbocycles. The van der Waals surface area contributed by atoms with Crippen LogP contribution in [0.1, 0.15) is 38.7 Å². The summed E-state index contributed by atoms with van der Waals surface area (Å²) in [5.41, 5.74) is 2.17. The molecule has 2 aromatic carbocycles. The fourth-order valence-corrected chi connectivity index (χ4v) is 4.16. The third-order valence-corrected chi connectivity index (χ3v) is 5.71. The lowest BCUT2D eigenvalue weighted by molar-refractivity contribution is -0.120. The van der Waals surface area contributed by atoms with Gasteiger partial charge in [-0.2, -0.15) is 0 Å². The second-order valence-corrected chi connectivity index (χ2v) is 8.38. The number of nitrogens with zero attached hydrogens (tertiary/aromatic N) is 2. The highest BCUT2D eigenvalue weighted by atomic mass is 16.5. The lowest BCUT2D eigenvalue weighted by atomic mass is 9.99. The van der Waals surface area contributed by atoms with Crippen LogP contribution in [0.2, 0.25) is 0 Å². The Balaban J connectivity index is 1.70. The van der Waals surface area contributed by atoms with E-state index in [0.717, 1.165) is 49.7 Å². The standard InChI is InChI=1S/C25H34N2O3/c1-19(2)17-25(28)27(21-9-11-23(29-3)12-10-21)22-13-15-26(16-14-22)18-20-7-5-6-8-24(20)30-4/h5-12,19,22H,13-18H2,1-4H3. The van der Waals surface area contributed by atoms with Gasteiger partial charge in [0, 0.05) is 43.3 Å². The predicted molar refractivity (Wildman–Crippen MR) is 121 cm³/mol. The van der Waals surface area contributed by atoms with Crippen molar-refractivity contribution in [3.63, 3.8) is 0 Å². The molecule has 1 saturated heterocycles. The number of carbonyl (C=O) groups is 1. The molecule has 3 rings (SSSR count). The molecule has 0 bridgehead atoms. The van der Waals surface area contributed by atoms with Crippen LogP contribution in [-0.2, 0) is 11.3 Å². The van der Waals surface area contributed by atoms with Crippen LogP contribution in [0.25, 0.3) is 0 Å². The molecule has 0 aromatic heterocycles. The van der Waals surface area contributed by atoms with Gasteiger partial charge < -0.3 is 14.4 Å². The van der Waals surface area contributed by atoms with Crippen LogP contribution in [0.5, 0.6) is 11.5 Å². The summed E-state index contributed by atoms with van der Waals surface area (Å²) in [7, 11) is 3.38. The number of rotatable bonds is 8. The third kappa shape index (κ3) is 5.54. The van der Waals surface area contributed by atoms with Crippen LogP contribution in [0.4, 0.5) is 5.69 Å². The maximum absolute atomic E-state index is 13.1. The number of benzene rings is 2. The van der Waals surface area contributed by atoms with Crippen LogP contribution < -0.4 is 14.4 Å². The molecule has 1 heterocycles. The summed E-state index contributed by atoms with van der Waals surface area (Å²) in [6.45, 7) is 6.99. The Morgan fingerprint density at radius 2 is 1.70 bits per heavy atom. The fourth-order valence-electron chi connectivity index (χ4n) is 4.16. The molecule has 0 spiro atoms. The van der Waals surface area contributed by atoms with E-state index < -0.39 is 0 Å². The van der Waals surface area contributed by atoms with Gasteiger partial charge in [-0.3, -0.25) is 9.69 Å². The maximum Gasteiger partial charge on any atom is 0.227 e. The first-order valence-corrected chi connectivity index (χ1v) is 10.8. The van der Waals surface area contributed by atoms with E-state index in [-0.39, 0.29) is 11.9 Å². The zero-order valence-corrected chi connectivity index (χ0v) is 18.6. The highest BCUT2D eigenvalue weighted by Crippen LogP contribution is 2.28. The normalized spacial score (nSPS) is 15.2. The van der Waals surface area contributed by atoms with E-state index in [0.29, 0.717) is 12.3 Å². The van der Waals surface area contributed by atoms with Gasteiger partial charge in [-0.25, -0.2) is 0 Å². The summed E-state index contributed by atoms with van der Waals surface area (Å²) in [6.07, 6.45) is 2.49. The molecule has 5 heteroatoms. The molecule has 162 valence electrons. The fraction of sp³-hybridized carbons (Fsp3) is 0.480. The van der Waals surface area contributed by atoms with Gasteiger partial charge in [-0.15, -0.1) is 0 Å². The van der Waals surface area contributed by atoms with Crippen LogP contribution in [0.15, 0.2) is 48.5 Å². The van der Waals surface area contributed by atoms with E-state index in [9.17, 15) is 4.79 Å². The highest BCUT2D eigenvalue weighted by Gasteiger charge is 2.29. The van der Waals surface area contributed by atoms with Crippen molar-refractivity contribution in [3.05, 3.63) is 54.1 Å². The second-order valence-electron chi connectivity index (χ2n) is 8.38. The Labute approximate surface area is 180 Å². The molecule has 1 aliphatic rings. The van der Waals surface area contributed by atoms with Crippen LogP contribution in [0.3, 0.4) is 0 Å². The molecular formula is C25H34N2O3. The molecule has 0 atom stereocenters. The van der Waals surface area contributed by atoms with Crippen molar-refractivity contribution in [1.29, 1.82) is 0 Å². The maximum atomic E-state index is 13.1. The van der Waals surface area contributed by atoms with Crippen molar-refractivity contribution in [2.24, 2.45) is 5.92 Å². The molecular weight excluding hydrogens is 376 g/mol. The number of amides is 1. The van der Waals surface area contributed by atoms with E-state index in [1.54, 1.807) is 14.2 Å². The molecule has 2 aromatic rings. The van der Waals surface area contributed by atoms with Crippen LogP contribution in [0, 0.1) is 5.92 Å². The number of hydrogen-bond acceptors (Lipinski definition) is 4. The SMILES string of the molecule is COc1ccc(N(C(=O)CC(C)C)C2CCN(Cc3ccccc3OC)CC2)cc1.